The summed E-state index contributed by atoms with van der Waals surface area (Å²) in [6.45, 7) is 0. The Bertz CT molecular complexity index is 541. The third-order valence-electron chi connectivity index (χ3n) is 1.94. The van der Waals surface area contributed by atoms with Gasteiger partial charge in [-0.3, -0.25) is 0 Å². The van der Waals surface area contributed by atoms with Crippen LogP contribution in [0, 0.1) is 0 Å². The van der Waals surface area contributed by atoms with E-state index in [0.29, 0.717) is 16.1 Å². The summed E-state index contributed by atoms with van der Waals surface area (Å²) in [5.74, 6) is 1.43. The molecule has 0 spiro atoms. The summed E-state index contributed by atoms with van der Waals surface area (Å²) in [7, 11) is 3.17. The summed E-state index contributed by atoms with van der Waals surface area (Å²) in [5.41, 5.74) is 0. The molecule has 0 N–H and O–H groups in total. The van der Waals surface area contributed by atoms with E-state index in [2.05, 4.69) is 25.9 Å². The Morgan fingerprint density at radius 3 is 2.21 bits per heavy atom. The molecular formula is C12H11BrCl2N2O2. The zero-order chi connectivity index (χ0) is 14.3. The summed E-state index contributed by atoms with van der Waals surface area (Å²) in [4.78, 5) is 7.60. The normalized spacial score (nSPS) is 9.32. The van der Waals surface area contributed by atoms with E-state index in [1.807, 2.05) is 0 Å². The number of pyridine rings is 2. The molecule has 0 aliphatic carbocycles. The van der Waals surface area contributed by atoms with Crippen LogP contribution in [0.3, 0.4) is 0 Å². The minimum Gasteiger partial charge on any atom is -0.497 e. The SMILES string of the molecule is COc1cc(Cl)ncc1Br.COc1ccnc(Cl)c1. The Kier molecular flexibility index (Phi) is 6.91. The molecule has 0 fully saturated rings. The molecule has 4 nitrogen and oxygen atoms in total. The molecule has 2 aromatic heterocycles. The first-order chi connectivity index (χ1) is 9.06. The van der Waals surface area contributed by atoms with Crippen LogP contribution < -0.4 is 9.47 Å². The van der Waals surface area contributed by atoms with Gasteiger partial charge in [0.2, 0.25) is 0 Å². The molecule has 0 radical (unpaired) electrons. The van der Waals surface area contributed by atoms with Crippen LogP contribution in [0.25, 0.3) is 0 Å². The summed E-state index contributed by atoms with van der Waals surface area (Å²) in [6, 6.07) is 5.04. The Balaban J connectivity index is 0.000000191. The van der Waals surface area contributed by atoms with Crippen molar-refractivity contribution < 1.29 is 9.47 Å². The lowest BCUT2D eigenvalue weighted by Gasteiger charge is -2.00. The Labute approximate surface area is 129 Å². The number of rotatable bonds is 2. The summed E-state index contributed by atoms with van der Waals surface area (Å²) in [5, 5.41) is 0.884. The highest BCUT2D eigenvalue weighted by atomic mass is 79.9. The van der Waals surface area contributed by atoms with Gasteiger partial charge in [0.25, 0.3) is 0 Å². The number of hydrogen-bond acceptors (Lipinski definition) is 4. The molecule has 0 unspecified atom stereocenters. The van der Waals surface area contributed by atoms with E-state index in [4.69, 9.17) is 32.7 Å². The van der Waals surface area contributed by atoms with Gasteiger partial charge in [-0.15, -0.1) is 0 Å². The third kappa shape index (κ3) is 5.63. The molecule has 0 saturated heterocycles. The lowest BCUT2D eigenvalue weighted by atomic mass is 10.5. The van der Waals surface area contributed by atoms with Crippen molar-refractivity contribution in [3.8, 4) is 11.5 Å². The molecule has 7 heteroatoms. The van der Waals surface area contributed by atoms with Gasteiger partial charge in [-0.2, -0.15) is 0 Å². The van der Waals surface area contributed by atoms with E-state index in [0.717, 1.165) is 10.2 Å². The molecule has 0 amide bonds. The highest BCUT2D eigenvalue weighted by Crippen LogP contribution is 2.25. The molecule has 19 heavy (non-hydrogen) atoms. The maximum absolute atomic E-state index is 5.58. The van der Waals surface area contributed by atoms with Crippen molar-refractivity contribution in [2.24, 2.45) is 0 Å². The molecule has 102 valence electrons. The molecule has 0 aliphatic heterocycles. The first-order valence-electron chi connectivity index (χ1n) is 5.07. The topological polar surface area (TPSA) is 44.2 Å². The second-order valence-corrected chi connectivity index (χ2v) is 4.79. The first-order valence-corrected chi connectivity index (χ1v) is 6.62. The Morgan fingerprint density at radius 2 is 1.74 bits per heavy atom. The van der Waals surface area contributed by atoms with Crippen molar-refractivity contribution in [2.45, 2.75) is 0 Å². The van der Waals surface area contributed by atoms with Crippen LogP contribution in [-0.2, 0) is 0 Å². The van der Waals surface area contributed by atoms with Gasteiger partial charge in [-0.25, -0.2) is 9.97 Å². The van der Waals surface area contributed by atoms with E-state index in [9.17, 15) is 0 Å². The third-order valence-corrected chi connectivity index (χ3v) is 2.95. The quantitative estimate of drug-likeness (QED) is 0.746. The first kappa shape index (κ1) is 16.0. The smallest absolute Gasteiger partial charge is 0.137 e. The lowest BCUT2D eigenvalue weighted by molar-refractivity contribution is 0.411. The predicted octanol–water partition coefficient (Wildman–Crippen LogP) is 4.25. The fourth-order valence-corrected chi connectivity index (χ4v) is 1.75. The molecule has 0 atom stereocenters. The predicted molar refractivity (Wildman–Crippen MR) is 79.3 cm³/mol. The average Bonchev–Trinajstić information content (AvgIpc) is 2.42. The van der Waals surface area contributed by atoms with Crippen molar-refractivity contribution in [1.82, 2.24) is 9.97 Å². The van der Waals surface area contributed by atoms with E-state index < -0.39 is 0 Å². The summed E-state index contributed by atoms with van der Waals surface area (Å²) in [6.07, 6.45) is 3.20. The second kappa shape index (κ2) is 8.19. The van der Waals surface area contributed by atoms with Gasteiger partial charge in [0, 0.05) is 24.5 Å². The van der Waals surface area contributed by atoms with Crippen LogP contribution >= 0.6 is 39.1 Å². The molecule has 0 aliphatic rings. The van der Waals surface area contributed by atoms with Crippen molar-refractivity contribution in [3.05, 3.63) is 45.4 Å². The number of hydrogen-bond donors (Lipinski definition) is 0. The fraction of sp³-hybridized carbons (Fsp3) is 0.167. The van der Waals surface area contributed by atoms with Crippen LogP contribution in [0.1, 0.15) is 0 Å². The number of nitrogens with zero attached hydrogens (tertiary/aromatic N) is 2. The van der Waals surface area contributed by atoms with Crippen LogP contribution in [0.5, 0.6) is 11.5 Å². The zero-order valence-electron chi connectivity index (χ0n) is 10.2. The van der Waals surface area contributed by atoms with Crippen LogP contribution in [0.2, 0.25) is 10.3 Å². The number of aromatic nitrogens is 2. The second-order valence-electron chi connectivity index (χ2n) is 3.16. The van der Waals surface area contributed by atoms with Crippen LogP contribution in [0.15, 0.2) is 35.1 Å². The number of methoxy groups -OCH3 is 2. The summed E-state index contributed by atoms with van der Waals surface area (Å²) < 4.78 is 10.6. The monoisotopic (exact) mass is 364 g/mol. The van der Waals surface area contributed by atoms with Gasteiger partial charge in [0.1, 0.15) is 21.8 Å². The van der Waals surface area contributed by atoms with Gasteiger partial charge in [-0.1, -0.05) is 23.2 Å². The van der Waals surface area contributed by atoms with Crippen molar-refractivity contribution >= 4 is 39.1 Å². The largest absolute Gasteiger partial charge is 0.497 e. The summed E-state index contributed by atoms with van der Waals surface area (Å²) >= 11 is 14.4. The minimum atomic E-state index is 0.431. The van der Waals surface area contributed by atoms with E-state index in [1.54, 1.807) is 44.8 Å². The zero-order valence-corrected chi connectivity index (χ0v) is 13.3. The van der Waals surface area contributed by atoms with E-state index in [1.165, 1.54) is 0 Å². The number of halogens is 3. The maximum atomic E-state index is 5.58. The van der Waals surface area contributed by atoms with Gasteiger partial charge in [-0.05, 0) is 22.0 Å². The molecule has 2 heterocycles. The highest BCUT2D eigenvalue weighted by Gasteiger charge is 1.99. The molecule has 2 aromatic rings. The lowest BCUT2D eigenvalue weighted by Crippen LogP contribution is -1.85. The molecular weight excluding hydrogens is 355 g/mol. The Hall–Kier alpha value is -1.04. The standard InChI is InChI=1S/C6H5BrClNO.C6H6ClNO/c1-10-5-2-6(8)9-3-4(5)7;1-9-5-2-3-8-6(7)4-5/h2-3H,1H3;2-4H,1H3. The van der Waals surface area contributed by atoms with Crippen molar-refractivity contribution in [2.75, 3.05) is 14.2 Å². The van der Waals surface area contributed by atoms with E-state index >= 15 is 0 Å². The molecule has 0 bridgehead atoms. The molecule has 0 aromatic carbocycles. The van der Waals surface area contributed by atoms with Gasteiger partial charge < -0.3 is 9.47 Å². The Morgan fingerprint density at radius 1 is 1.05 bits per heavy atom. The number of ether oxygens (including phenoxy) is 2. The van der Waals surface area contributed by atoms with Gasteiger partial charge in [0.15, 0.2) is 0 Å². The highest BCUT2D eigenvalue weighted by molar-refractivity contribution is 9.10. The van der Waals surface area contributed by atoms with Crippen molar-refractivity contribution in [3.63, 3.8) is 0 Å². The van der Waals surface area contributed by atoms with Crippen molar-refractivity contribution in [1.29, 1.82) is 0 Å². The maximum Gasteiger partial charge on any atom is 0.137 e. The van der Waals surface area contributed by atoms with Crippen LogP contribution in [0.4, 0.5) is 0 Å². The molecule has 0 saturated carbocycles. The fourth-order valence-electron chi connectivity index (χ4n) is 1.06. The van der Waals surface area contributed by atoms with Gasteiger partial charge in [0.05, 0.1) is 18.7 Å². The van der Waals surface area contributed by atoms with Crippen LogP contribution in [-0.4, -0.2) is 24.2 Å². The van der Waals surface area contributed by atoms with E-state index in [-0.39, 0.29) is 0 Å². The molecule has 2 rings (SSSR count). The minimum absolute atomic E-state index is 0.431. The average molecular weight is 366 g/mol. The van der Waals surface area contributed by atoms with Gasteiger partial charge >= 0.3 is 0 Å².